The molecule has 0 saturated heterocycles. The van der Waals surface area contributed by atoms with Crippen molar-refractivity contribution >= 4 is 23.3 Å². The predicted molar refractivity (Wildman–Crippen MR) is 74.0 cm³/mol. The Morgan fingerprint density at radius 2 is 2.13 bits per heavy atom. The Hall–Kier alpha value is -3.43. The summed E-state index contributed by atoms with van der Waals surface area (Å²) in [6.07, 6.45) is 3.78. The average Bonchev–Trinajstić information content (AvgIpc) is 2.55. The predicted octanol–water partition coefficient (Wildman–Crippen LogP) is 1.32. The number of amides is 1. The molecule has 0 saturated carbocycles. The minimum Gasteiger partial charge on any atom is -0.451 e. The number of nitrogens with zero attached hydrogens (tertiary/aromatic N) is 3. The maximum Gasteiger partial charge on any atom is 0.359 e. The van der Waals surface area contributed by atoms with Crippen molar-refractivity contribution in [3.63, 3.8) is 0 Å². The van der Waals surface area contributed by atoms with Crippen LogP contribution in [-0.2, 0) is 9.53 Å². The smallest absolute Gasteiger partial charge is 0.359 e. The van der Waals surface area contributed by atoms with Crippen molar-refractivity contribution in [2.45, 2.75) is 0 Å². The van der Waals surface area contributed by atoms with Gasteiger partial charge in [0.05, 0.1) is 16.8 Å². The molecule has 0 atom stereocenters. The van der Waals surface area contributed by atoms with E-state index in [0.717, 1.165) is 24.4 Å². The van der Waals surface area contributed by atoms with Gasteiger partial charge < -0.3 is 10.1 Å². The summed E-state index contributed by atoms with van der Waals surface area (Å²) in [5.74, 6) is -2.60. The Balaban J connectivity index is 1.96. The van der Waals surface area contributed by atoms with E-state index in [4.69, 9.17) is 0 Å². The molecule has 2 rings (SSSR count). The van der Waals surface area contributed by atoms with E-state index in [1.807, 2.05) is 0 Å². The number of anilines is 1. The van der Waals surface area contributed by atoms with Crippen molar-refractivity contribution in [3.05, 3.63) is 58.4 Å². The molecular weight excluding hydrogens is 311 g/mol. The largest absolute Gasteiger partial charge is 0.451 e. The number of hydrogen-bond acceptors (Lipinski definition) is 7. The van der Waals surface area contributed by atoms with Gasteiger partial charge in [0.2, 0.25) is 0 Å². The summed E-state index contributed by atoms with van der Waals surface area (Å²) in [6, 6.07) is 2.66. The number of benzene rings is 1. The molecule has 9 nitrogen and oxygen atoms in total. The molecule has 2 aromatic rings. The van der Waals surface area contributed by atoms with Gasteiger partial charge in [-0.2, -0.15) is 0 Å². The topological polar surface area (TPSA) is 124 Å². The van der Waals surface area contributed by atoms with Crippen molar-refractivity contribution in [1.82, 2.24) is 9.97 Å². The van der Waals surface area contributed by atoms with E-state index in [2.05, 4.69) is 20.0 Å². The molecule has 1 aromatic heterocycles. The van der Waals surface area contributed by atoms with E-state index in [9.17, 15) is 24.1 Å². The lowest BCUT2D eigenvalue weighted by Gasteiger charge is -2.07. The molecule has 0 unspecified atom stereocenters. The van der Waals surface area contributed by atoms with Crippen LogP contribution < -0.4 is 5.32 Å². The summed E-state index contributed by atoms with van der Waals surface area (Å²) in [4.78, 5) is 40.4. The van der Waals surface area contributed by atoms with Crippen LogP contribution in [0.2, 0.25) is 0 Å². The molecule has 23 heavy (non-hydrogen) atoms. The van der Waals surface area contributed by atoms with E-state index in [1.54, 1.807) is 0 Å². The second-order valence-electron chi connectivity index (χ2n) is 4.14. The monoisotopic (exact) mass is 320 g/mol. The Morgan fingerprint density at radius 1 is 1.35 bits per heavy atom. The third-order valence-corrected chi connectivity index (χ3v) is 2.54. The normalized spacial score (nSPS) is 9.96. The molecule has 0 aliphatic rings. The molecule has 1 heterocycles. The SMILES string of the molecule is O=C(COC(=O)c1cnccn1)Nc1cc([N+](=O)[O-])ccc1F. The van der Waals surface area contributed by atoms with E-state index >= 15 is 0 Å². The number of esters is 1. The second-order valence-corrected chi connectivity index (χ2v) is 4.14. The maximum absolute atomic E-state index is 13.5. The van der Waals surface area contributed by atoms with Crippen molar-refractivity contribution in [1.29, 1.82) is 0 Å². The molecule has 1 amide bonds. The molecule has 0 fully saturated rings. The fourth-order valence-corrected chi connectivity index (χ4v) is 1.52. The van der Waals surface area contributed by atoms with Gasteiger partial charge in [-0.15, -0.1) is 0 Å². The van der Waals surface area contributed by atoms with Crippen LogP contribution in [0.15, 0.2) is 36.8 Å². The van der Waals surface area contributed by atoms with Gasteiger partial charge in [-0.3, -0.25) is 19.9 Å². The third-order valence-electron chi connectivity index (χ3n) is 2.54. The van der Waals surface area contributed by atoms with Gasteiger partial charge in [0.15, 0.2) is 12.3 Å². The zero-order valence-corrected chi connectivity index (χ0v) is 11.4. The number of non-ortho nitro benzene ring substituents is 1. The molecule has 0 aliphatic carbocycles. The molecular formula is C13H9FN4O5. The quantitative estimate of drug-likeness (QED) is 0.500. The molecule has 1 aromatic carbocycles. The van der Waals surface area contributed by atoms with Crippen LogP contribution in [0, 0.1) is 15.9 Å². The fourth-order valence-electron chi connectivity index (χ4n) is 1.52. The van der Waals surface area contributed by atoms with Gasteiger partial charge in [0, 0.05) is 24.5 Å². The van der Waals surface area contributed by atoms with Crippen molar-refractivity contribution in [2.75, 3.05) is 11.9 Å². The van der Waals surface area contributed by atoms with Crippen molar-refractivity contribution < 1.29 is 23.6 Å². The standard InChI is InChI=1S/C13H9FN4O5/c14-9-2-1-8(18(21)22)5-10(9)17-12(19)7-23-13(20)11-6-15-3-4-16-11/h1-6H,7H2,(H,17,19). The number of aromatic nitrogens is 2. The van der Waals surface area contributed by atoms with Gasteiger partial charge in [-0.05, 0) is 6.07 Å². The minimum atomic E-state index is -0.882. The van der Waals surface area contributed by atoms with Gasteiger partial charge in [0.1, 0.15) is 5.82 Å². The summed E-state index contributed by atoms with van der Waals surface area (Å²) in [6.45, 7) is -0.711. The average molecular weight is 320 g/mol. The van der Waals surface area contributed by atoms with E-state index in [-0.39, 0.29) is 11.4 Å². The van der Waals surface area contributed by atoms with E-state index in [0.29, 0.717) is 0 Å². The highest BCUT2D eigenvalue weighted by atomic mass is 19.1. The first-order chi connectivity index (χ1) is 11.0. The molecule has 10 heteroatoms. The Bertz CT molecular complexity index is 753. The van der Waals surface area contributed by atoms with Crippen LogP contribution in [0.5, 0.6) is 0 Å². The Morgan fingerprint density at radius 3 is 2.78 bits per heavy atom. The molecule has 0 spiro atoms. The number of ether oxygens (including phenoxy) is 1. The van der Waals surface area contributed by atoms with Crippen LogP contribution in [-0.4, -0.2) is 33.4 Å². The van der Waals surface area contributed by atoms with Crippen molar-refractivity contribution in [2.24, 2.45) is 0 Å². The lowest BCUT2D eigenvalue weighted by atomic mass is 10.2. The van der Waals surface area contributed by atoms with Crippen LogP contribution in [0.3, 0.4) is 0 Å². The number of halogens is 1. The second kappa shape index (κ2) is 7.02. The molecule has 0 bridgehead atoms. The molecule has 0 aliphatic heterocycles. The van der Waals surface area contributed by atoms with Crippen molar-refractivity contribution in [3.8, 4) is 0 Å². The van der Waals surface area contributed by atoms with Crippen LogP contribution in [0.4, 0.5) is 15.8 Å². The van der Waals surface area contributed by atoms with E-state index < -0.39 is 34.9 Å². The zero-order valence-electron chi connectivity index (χ0n) is 11.4. The first-order valence-electron chi connectivity index (χ1n) is 6.14. The number of rotatable bonds is 5. The zero-order chi connectivity index (χ0) is 16.8. The van der Waals surface area contributed by atoms with E-state index in [1.165, 1.54) is 12.4 Å². The first kappa shape index (κ1) is 15.9. The number of nitrogens with one attached hydrogen (secondary N) is 1. The number of hydrogen-bond donors (Lipinski definition) is 1. The minimum absolute atomic E-state index is 0.0955. The summed E-state index contributed by atoms with van der Waals surface area (Å²) in [5.41, 5.74) is -0.875. The lowest BCUT2D eigenvalue weighted by molar-refractivity contribution is -0.384. The summed E-state index contributed by atoms with van der Waals surface area (Å²) in [5, 5.41) is 12.7. The summed E-state index contributed by atoms with van der Waals surface area (Å²) >= 11 is 0. The van der Waals surface area contributed by atoms with Gasteiger partial charge in [-0.1, -0.05) is 0 Å². The Kier molecular flexibility index (Phi) is 4.87. The summed E-state index contributed by atoms with van der Waals surface area (Å²) in [7, 11) is 0. The number of nitro benzene ring substituents is 1. The molecule has 1 N–H and O–H groups in total. The van der Waals surface area contributed by atoms with Gasteiger partial charge >= 0.3 is 5.97 Å². The lowest BCUT2D eigenvalue weighted by Crippen LogP contribution is -2.22. The van der Waals surface area contributed by atoms with Gasteiger partial charge in [0.25, 0.3) is 11.6 Å². The Labute approximate surface area is 128 Å². The number of carbonyl (C=O) groups is 2. The first-order valence-corrected chi connectivity index (χ1v) is 6.14. The highest BCUT2D eigenvalue weighted by molar-refractivity contribution is 5.95. The number of nitro groups is 1. The highest BCUT2D eigenvalue weighted by Crippen LogP contribution is 2.21. The molecule has 118 valence electrons. The third kappa shape index (κ3) is 4.27. The van der Waals surface area contributed by atoms with Crippen LogP contribution >= 0.6 is 0 Å². The highest BCUT2D eigenvalue weighted by Gasteiger charge is 2.15. The van der Waals surface area contributed by atoms with Crippen LogP contribution in [0.25, 0.3) is 0 Å². The van der Waals surface area contributed by atoms with Crippen LogP contribution in [0.1, 0.15) is 10.5 Å². The van der Waals surface area contributed by atoms with Gasteiger partial charge in [-0.25, -0.2) is 14.2 Å². The fraction of sp³-hybridized carbons (Fsp3) is 0.0769. The maximum atomic E-state index is 13.5. The summed E-state index contributed by atoms with van der Waals surface area (Å²) < 4.78 is 18.2. The molecule has 0 radical (unpaired) electrons. The number of carbonyl (C=O) groups excluding carboxylic acids is 2.